The maximum Gasteiger partial charge on any atom is 0.226 e. The molecule has 0 radical (unpaired) electrons. The fourth-order valence-corrected chi connectivity index (χ4v) is 5.44. The smallest absolute Gasteiger partial charge is 0.226 e. The van der Waals surface area contributed by atoms with E-state index in [1.54, 1.807) is 12.1 Å². The number of hydrogen-bond donors (Lipinski definition) is 1. The number of nitrogens with zero attached hydrogens (tertiary/aromatic N) is 1. The highest BCUT2D eigenvalue weighted by atomic mass is 32.2. The van der Waals surface area contributed by atoms with E-state index in [9.17, 15) is 13.2 Å². The van der Waals surface area contributed by atoms with E-state index in [1.807, 2.05) is 11.0 Å². The van der Waals surface area contributed by atoms with Gasteiger partial charge >= 0.3 is 0 Å². The van der Waals surface area contributed by atoms with Crippen molar-refractivity contribution in [3.63, 3.8) is 0 Å². The maximum atomic E-state index is 13.1. The second-order valence-electron chi connectivity index (χ2n) is 8.47. The monoisotopic (exact) mass is 406 g/mol. The number of fused-ring (bicyclic) bond motifs is 1. The van der Waals surface area contributed by atoms with Gasteiger partial charge in [-0.15, -0.1) is 0 Å². The summed E-state index contributed by atoms with van der Waals surface area (Å²) in [5.74, 6) is 0.309. The molecule has 1 aromatic rings. The Kier molecular flexibility index (Phi) is 5.76. The minimum Gasteiger partial charge on any atom is -0.381 e. The second-order valence-corrected chi connectivity index (χ2v) is 10.5. The van der Waals surface area contributed by atoms with Crippen molar-refractivity contribution in [1.29, 1.82) is 0 Å². The van der Waals surface area contributed by atoms with Crippen LogP contribution in [0.4, 0.5) is 0 Å². The van der Waals surface area contributed by atoms with E-state index in [2.05, 4.69) is 5.32 Å². The van der Waals surface area contributed by atoms with E-state index in [0.29, 0.717) is 23.5 Å². The van der Waals surface area contributed by atoms with Gasteiger partial charge in [-0.05, 0) is 61.8 Å². The Morgan fingerprint density at radius 2 is 1.89 bits per heavy atom. The predicted octanol–water partition coefficient (Wildman–Crippen LogP) is 1.91. The third-order valence-corrected chi connectivity index (χ3v) is 7.51. The summed E-state index contributed by atoms with van der Waals surface area (Å²) in [6.07, 6.45) is 7.03. The molecule has 2 heterocycles. The normalized spacial score (nSPS) is 26.2. The lowest BCUT2D eigenvalue weighted by atomic mass is 9.97. The van der Waals surface area contributed by atoms with Crippen LogP contribution in [0.5, 0.6) is 0 Å². The average molecular weight is 407 g/mol. The quantitative estimate of drug-likeness (QED) is 0.827. The van der Waals surface area contributed by atoms with Gasteiger partial charge in [0.25, 0.3) is 0 Å². The molecule has 2 aliphatic heterocycles. The summed E-state index contributed by atoms with van der Waals surface area (Å²) in [6.45, 7) is 2.90. The van der Waals surface area contributed by atoms with Gasteiger partial charge in [0, 0.05) is 50.6 Å². The first kappa shape index (κ1) is 19.9. The molecule has 154 valence electrons. The molecule has 1 amide bonds. The van der Waals surface area contributed by atoms with Gasteiger partial charge in [-0.2, -0.15) is 0 Å². The van der Waals surface area contributed by atoms with E-state index in [-0.39, 0.29) is 11.8 Å². The molecular formula is C21H30N2O4S. The molecule has 6 nitrogen and oxygen atoms in total. The van der Waals surface area contributed by atoms with Crippen molar-refractivity contribution in [3.05, 3.63) is 29.3 Å². The van der Waals surface area contributed by atoms with Crippen LogP contribution in [0.3, 0.4) is 0 Å². The van der Waals surface area contributed by atoms with Crippen molar-refractivity contribution in [1.82, 2.24) is 10.2 Å². The topological polar surface area (TPSA) is 75.7 Å². The Morgan fingerprint density at radius 3 is 2.64 bits per heavy atom. The van der Waals surface area contributed by atoms with Crippen molar-refractivity contribution in [3.8, 4) is 0 Å². The molecule has 2 fully saturated rings. The molecule has 1 saturated carbocycles. The highest BCUT2D eigenvalue weighted by molar-refractivity contribution is 7.90. The summed E-state index contributed by atoms with van der Waals surface area (Å²) in [7, 11) is -3.23. The van der Waals surface area contributed by atoms with Crippen molar-refractivity contribution in [2.45, 2.75) is 62.0 Å². The van der Waals surface area contributed by atoms with E-state index in [1.165, 1.54) is 6.26 Å². The van der Waals surface area contributed by atoms with Crippen LogP contribution in [0.1, 0.15) is 43.2 Å². The van der Waals surface area contributed by atoms with Crippen molar-refractivity contribution in [2.24, 2.45) is 5.92 Å². The lowest BCUT2D eigenvalue weighted by Gasteiger charge is -2.31. The summed E-state index contributed by atoms with van der Waals surface area (Å²) in [4.78, 5) is 15.4. The Bertz CT molecular complexity index is 833. The number of sulfone groups is 1. The average Bonchev–Trinajstić information content (AvgIpc) is 3.15. The zero-order chi connectivity index (χ0) is 19.7. The SMILES string of the molecule is CS(=O)(=O)c1ccc2c(c1)CN(C(=O)C1CCC(NC3CCOCC3)C1)CC2. The second kappa shape index (κ2) is 8.13. The van der Waals surface area contributed by atoms with Gasteiger partial charge in [0.05, 0.1) is 4.90 Å². The van der Waals surface area contributed by atoms with Crippen LogP contribution in [0.25, 0.3) is 0 Å². The third kappa shape index (κ3) is 4.42. The molecule has 2 atom stereocenters. The Balaban J connectivity index is 1.37. The van der Waals surface area contributed by atoms with Crippen LogP contribution in [-0.2, 0) is 32.3 Å². The molecule has 3 aliphatic rings. The van der Waals surface area contributed by atoms with Gasteiger partial charge in [0.1, 0.15) is 0 Å². The fraction of sp³-hybridized carbons (Fsp3) is 0.667. The summed E-state index contributed by atoms with van der Waals surface area (Å²) < 4.78 is 29.1. The first-order valence-electron chi connectivity index (χ1n) is 10.3. The number of nitrogens with one attached hydrogen (secondary N) is 1. The highest BCUT2D eigenvalue weighted by Gasteiger charge is 2.34. The number of hydrogen-bond acceptors (Lipinski definition) is 5. The highest BCUT2D eigenvalue weighted by Crippen LogP contribution is 2.31. The van der Waals surface area contributed by atoms with Crippen LogP contribution in [-0.4, -0.2) is 57.3 Å². The molecule has 2 unspecified atom stereocenters. The van der Waals surface area contributed by atoms with E-state index >= 15 is 0 Å². The zero-order valence-electron chi connectivity index (χ0n) is 16.5. The van der Waals surface area contributed by atoms with Crippen LogP contribution >= 0.6 is 0 Å². The standard InChI is InChI=1S/C21H30N2O4S/c1-28(25,26)20-5-3-15-6-9-23(14-17(15)13-20)21(24)16-2-4-19(12-16)22-18-7-10-27-11-8-18/h3,5,13,16,18-19,22H,2,4,6-12,14H2,1H3. The minimum atomic E-state index is -3.23. The van der Waals surface area contributed by atoms with E-state index in [0.717, 1.165) is 69.4 Å². The lowest BCUT2D eigenvalue weighted by Crippen LogP contribution is -2.42. The molecule has 1 saturated heterocycles. The molecule has 1 N–H and O–H groups in total. The molecule has 1 aliphatic carbocycles. The molecular weight excluding hydrogens is 376 g/mol. The Hall–Kier alpha value is -1.44. The number of carbonyl (C=O) groups is 1. The summed E-state index contributed by atoms with van der Waals surface area (Å²) >= 11 is 0. The summed E-state index contributed by atoms with van der Waals surface area (Å²) in [6, 6.07) is 6.26. The number of ether oxygens (including phenoxy) is 1. The zero-order valence-corrected chi connectivity index (χ0v) is 17.3. The molecule has 0 bridgehead atoms. The Morgan fingerprint density at radius 1 is 1.11 bits per heavy atom. The summed E-state index contributed by atoms with van der Waals surface area (Å²) in [5.41, 5.74) is 2.12. The van der Waals surface area contributed by atoms with E-state index in [4.69, 9.17) is 4.74 Å². The maximum absolute atomic E-state index is 13.1. The molecule has 0 aromatic heterocycles. The van der Waals surface area contributed by atoms with Crippen molar-refractivity contribution >= 4 is 15.7 Å². The minimum absolute atomic E-state index is 0.0805. The first-order chi connectivity index (χ1) is 13.4. The largest absolute Gasteiger partial charge is 0.381 e. The van der Waals surface area contributed by atoms with Crippen LogP contribution in [0.15, 0.2) is 23.1 Å². The molecule has 4 rings (SSSR count). The van der Waals surface area contributed by atoms with Gasteiger partial charge in [-0.1, -0.05) is 6.07 Å². The van der Waals surface area contributed by atoms with Crippen LogP contribution < -0.4 is 5.32 Å². The van der Waals surface area contributed by atoms with Gasteiger partial charge in [-0.25, -0.2) is 8.42 Å². The predicted molar refractivity (Wildman–Crippen MR) is 107 cm³/mol. The fourth-order valence-electron chi connectivity index (χ4n) is 4.77. The Labute approximate surface area is 167 Å². The van der Waals surface area contributed by atoms with Gasteiger partial charge in [0.15, 0.2) is 9.84 Å². The van der Waals surface area contributed by atoms with Gasteiger partial charge in [-0.3, -0.25) is 4.79 Å². The van der Waals surface area contributed by atoms with Gasteiger partial charge in [0.2, 0.25) is 5.91 Å². The van der Waals surface area contributed by atoms with Crippen LogP contribution in [0, 0.1) is 5.92 Å². The molecule has 28 heavy (non-hydrogen) atoms. The van der Waals surface area contributed by atoms with Crippen molar-refractivity contribution < 1.29 is 17.9 Å². The molecule has 1 aromatic carbocycles. The van der Waals surface area contributed by atoms with Crippen LogP contribution in [0.2, 0.25) is 0 Å². The van der Waals surface area contributed by atoms with Crippen molar-refractivity contribution in [2.75, 3.05) is 26.0 Å². The van der Waals surface area contributed by atoms with Gasteiger partial charge < -0.3 is 15.0 Å². The summed E-state index contributed by atoms with van der Waals surface area (Å²) in [5, 5.41) is 3.73. The first-order valence-corrected chi connectivity index (χ1v) is 12.2. The molecule has 7 heteroatoms. The number of benzene rings is 1. The van der Waals surface area contributed by atoms with E-state index < -0.39 is 9.84 Å². The number of amides is 1. The lowest BCUT2D eigenvalue weighted by molar-refractivity contribution is -0.136. The number of rotatable bonds is 4. The third-order valence-electron chi connectivity index (χ3n) is 6.40. The number of carbonyl (C=O) groups excluding carboxylic acids is 1. The molecule has 0 spiro atoms.